The average Bonchev–Trinajstić information content (AvgIpc) is 2.47. The Balaban J connectivity index is 2.06. The molecule has 0 spiro atoms. The number of benzene rings is 1. The van der Waals surface area contributed by atoms with Gasteiger partial charge in [-0.25, -0.2) is 8.42 Å². The molecule has 0 fully saturated rings. The third-order valence-electron chi connectivity index (χ3n) is 3.91. The number of aryl methyl sites for hydroxylation is 1. The largest absolute Gasteiger partial charge is 0.376 e. The Morgan fingerprint density at radius 1 is 1.19 bits per heavy atom. The fraction of sp³-hybridized carbons (Fsp3) is 0.375. The molecule has 0 amide bonds. The molecule has 2 aliphatic heterocycles. The molecule has 2 aliphatic rings. The van der Waals surface area contributed by atoms with E-state index in [1.54, 1.807) is 12.1 Å². The third kappa shape index (κ3) is 2.51. The van der Waals surface area contributed by atoms with Crippen LogP contribution in [0.25, 0.3) is 0 Å². The first kappa shape index (κ1) is 14.4. The minimum Gasteiger partial charge on any atom is -0.376 e. The van der Waals surface area contributed by atoms with Crippen molar-refractivity contribution in [3.05, 3.63) is 53.8 Å². The van der Waals surface area contributed by atoms with Gasteiger partial charge >= 0.3 is 0 Å². The first-order valence-corrected chi connectivity index (χ1v) is 8.51. The molecule has 0 unspecified atom stereocenters. The Kier molecular flexibility index (Phi) is 3.63. The van der Waals surface area contributed by atoms with E-state index in [4.69, 9.17) is 4.74 Å². The van der Waals surface area contributed by atoms with E-state index in [0.717, 1.165) is 11.3 Å². The van der Waals surface area contributed by atoms with Gasteiger partial charge < -0.3 is 4.74 Å². The van der Waals surface area contributed by atoms with Gasteiger partial charge in [0.05, 0.1) is 24.2 Å². The maximum absolute atomic E-state index is 13.0. The molecule has 0 bridgehead atoms. The number of hydrogen-bond acceptors (Lipinski definition) is 3. The summed E-state index contributed by atoms with van der Waals surface area (Å²) in [6, 6.07) is 6.81. The lowest BCUT2D eigenvalue weighted by molar-refractivity contribution is 0.120. The van der Waals surface area contributed by atoms with Crippen molar-refractivity contribution >= 4 is 10.0 Å². The molecule has 5 heteroatoms. The second kappa shape index (κ2) is 5.31. The highest BCUT2D eigenvalue weighted by atomic mass is 32.2. The van der Waals surface area contributed by atoms with E-state index in [1.807, 2.05) is 44.2 Å². The molecule has 2 atom stereocenters. The van der Waals surface area contributed by atoms with Gasteiger partial charge in [0.25, 0.3) is 10.0 Å². The van der Waals surface area contributed by atoms with E-state index in [0.29, 0.717) is 18.1 Å². The molecule has 0 N–H and O–H groups in total. The van der Waals surface area contributed by atoms with E-state index < -0.39 is 10.0 Å². The van der Waals surface area contributed by atoms with Crippen LogP contribution in [0.5, 0.6) is 0 Å². The third-order valence-corrected chi connectivity index (χ3v) is 5.84. The zero-order chi connectivity index (χ0) is 15.0. The van der Waals surface area contributed by atoms with Gasteiger partial charge in [-0.15, -0.1) is 0 Å². The van der Waals surface area contributed by atoms with E-state index in [2.05, 4.69) is 0 Å². The Labute approximate surface area is 125 Å². The molecule has 3 rings (SSSR count). The SMILES string of the molecule is Cc1ccc(S(=O)(=O)N2C3=CCOC[C@H]3C=C[C@H]2C)cc1. The molecule has 0 saturated carbocycles. The Bertz CT molecular complexity index is 689. The second-order valence-electron chi connectivity index (χ2n) is 5.51. The maximum Gasteiger partial charge on any atom is 0.264 e. The van der Waals surface area contributed by atoms with Crippen molar-refractivity contribution in [3.8, 4) is 0 Å². The minimum atomic E-state index is -3.54. The van der Waals surface area contributed by atoms with Crippen LogP contribution in [0.4, 0.5) is 0 Å². The van der Waals surface area contributed by atoms with Gasteiger partial charge in [0.15, 0.2) is 0 Å². The van der Waals surface area contributed by atoms with Gasteiger partial charge in [-0.1, -0.05) is 29.8 Å². The molecule has 0 aromatic heterocycles. The zero-order valence-corrected chi connectivity index (χ0v) is 13.0. The van der Waals surface area contributed by atoms with Crippen molar-refractivity contribution in [1.82, 2.24) is 4.31 Å². The molecule has 112 valence electrons. The van der Waals surface area contributed by atoms with Crippen molar-refractivity contribution in [2.24, 2.45) is 5.92 Å². The maximum atomic E-state index is 13.0. The van der Waals surface area contributed by atoms with Gasteiger partial charge in [0.1, 0.15) is 0 Å². The van der Waals surface area contributed by atoms with E-state index in [-0.39, 0.29) is 12.0 Å². The minimum absolute atomic E-state index is 0.0233. The van der Waals surface area contributed by atoms with Crippen molar-refractivity contribution in [2.75, 3.05) is 13.2 Å². The van der Waals surface area contributed by atoms with Crippen molar-refractivity contribution < 1.29 is 13.2 Å². The molecule has 0 saturated heterocycles. The summed E-state index contributed by atoms with van der Waals surface area (Å²) < 4.78 is 32.9. The Morgan fingerprint density at radius 2 is 1.90 bits per heavy atom. The summed E-state index contributed by atoms with van der Waals surface area (Å²) in [6.07, 6.45) is 5.85. The number of hydrogen-bond donors (Lipinski definition) is 0. The van der Waals surface area contributed by atoms with Gasteiger partial charge in [0.2, 0.25) is 0 Å². The summed E-state index contributed by atoms with van der Waals surface area (Å²) in [5, 5.41) is 0. The smallest absolute Gasteiger partial charge is 0.264 e. The first-order chi connectivity index (χ1) is 10.00. The summed E-state index contributed by atoms with van der Waals surface area (Å²) in [4.78, 5) is 0.335. The van der Waals surface area contributed by atoms with Crippen LogP contribution < -0.4 is 0 Å². The molecule has 2 heterocycles. The molecule has 1 aromatic rings. The monoisotopic (exact) mass is 305 g/mol. The number of fused-ring (bicyclic) bond motifs is 1. The molecular weight excluding hydrogens is 286 g/mol. The summed E-state index contributed by atoms with van der Waals surface area (Å²) in [7, 11) is -3.54. The summed E-state index contributed by atoms with van der Waals surface area (Å²) in [5.74, 6) is 0.0233. The van der Waals surface area contributed by atoms with Crippen LogP contribution in [0.15, 0.2) is 53.1 Å². The Hall–Kier alpha value is -1.59. The molecular formula is C16H19NO3S. The highest BCUT2D eigenvalue weighted by Crippen LogP contribution is 2.33. The van der Waals surface area contributed by atoms with Crippen molar-refractivity contribution in [1.29, 1.82) is 0 Å². The standard InChI is InChI=1S/C16H19NO3S/c1-12-3-7-15(8-4-12)21(18,19)17-13(2)5-6-14-11-20-10-9-16(14)17/h3-9,13-14H,10-11H2,1-2H3/t13-,14-/m1/s1. The van der Waals surface area contributed by atoms with Gasteiger partial charge in [-0.05, 0) is 32.1 Å². The number of ether oxygens (including phenoxy) is 1. The summed E-state index contributed by atoms with van der Waals surface area (Å²) in [5.41, 5.74) is 1.88. The molecule has 1 aromatic carbocycles. The molecule has 4 nitrogen and oxygen atoms in total. The Morgan fingerprint density at radius 3 is 2.62 bits per heavy atom. The average molecular weight is 305 g/mol. The zero-order valence-electron chi connectivity index (χ0n) is 12.2. The van der Waals surface area contributed by atoms with Crippen LogP contribution in [0.2, 0.25) is 0 Å². The van der Waals surface area contributed by atoms with Gasteiger partial charge in [0, 0.05) is 11.6 Å². The van der Waals surface area contributed by atoms with Crippen molar-refractivity contribution in [3.63, 3.8) is 0 Å². The normalized spacial score (nSPS) is 25.4. The fourth-order valence-electron chi connectivity index (χ4n) is 2.77. The number of sulfonamides is 1. The van der Waals surface area contributed by atoms with Crippen LogP contribution in [0.3, 0.4) is 0 Å². The van der Waals surface area contributed by atoms with E-state index in [1.165, 1.54) is 4.31 Å². The second-order valence-corrected chi connectivity index (χ2v) is 7.33. The van der Waals surface area contributed by atoms with Gasteiger partial charge in [-0.2, -0.15) is 0 Å². The topological polar surface area (TPSA) is 46.6 Å². The van der Waals surface area contributed by atoms with E-state index >= 15 is 0 Å². The molecule has 0 radical (unpaired) electrons. The van der Waals surface area contributed by atoms with Crippen molar-refractivity contribution in [2.45, 2.75) is 24.8 Å². The van der Waals surface area contributed by atoms with Crippen LogP contribution in [-0.2, 0) is 14.8 Å². The summed E-state index contributed by atoms with van der Waals surface area (Å²) >= 11 is 0. The quantitative estimate of drug-likeness (QED) is 0.789. The van der Waals surface area contributed by atoms with Crippen LogP contribution in [0, 0.1) is 12.8 Å². The highest BCUT2D eigenvalue weighted by Gasteiger charge is 2.36. The molecule has 0 aliphatic carbocycles. The number of rotatable bonds is 2. The van der Waals surface area contributed by atoms with E-state index in [9.17, 15) is 8.42 Å². The molecule has 21 heavy (non-hydrogen) atoms. The lowest BCUT2D eigenvalue weighted by Crippen LogP contribution is -2.43. The van der Waals surface area contributed by atoms with Crippen LogP contribution in [0.1, 0.15) is 12.5 Å². The highest BCUT2D eigenvalue weighted by molar-refractivity contribution is 7.89. The van der Waals surface area contributed by atoms with Crippen LogP contribution >= 0.6 is 0 Å². The van der Waals surface area contributed by atoms with Gasteiger partial charge in [-0.3, -0.25) is 4.31 Å². The summed E-state index contributed by atoms with van der Waals surface area (Å²) in [6.45, 7) is 4.84. The predicted octanol–water partition coefficient (Wildman–Crippen LogP) is 2.47. The van der Waals surface area contributed by atoms with Crippen LogP contribution in [-0.4, -0.2) is 32.0 Å². The first-order valence-electron chi connectivity index (χ1n) is 7.07. The predicted molar refractivity (Wildman–Crippen MR) is 81.2 cm³/mol. The fourth-order valence-corrected chi connectivity index (χ4v) is 4.48. The number of nitrogens with zero attached hydrogens (tertiary/aromatic N) is 1. The lowest BCUT2D eigenvalue weighted by Gasteiger charge is -2.39. The lowest BCUT2D eigenvalue weighted by atomic mass is 9.98.